The van der Waals surface area contributed by atoms with Crippen LogP contribution in [0.5, 0.6) is 0 Å². The number of carbonyl (C=O) groups is 1. The second kappa shape index (κ2) is 8.25. The molecule has 0 aromatic heterocycles. The number of esters is 1. The zero-order valence-corrected chi connectivity index (χ0v) is 10.9. The van der Waals surface area contributed by atoms with E-state index in [-0.39, 0.29) is 5.97 Å². The van der Waals surface area contributed by atoms with Gasteiger partial charge in [-0.05, 0) is 25.8 Å². The molecule has 0 radical (unpaired) electrons. The highest BCUT2D eigenvalue weighted by Gasteiger charge is 2.18. The van der Waals surface area contributed by atoms with Crippen LogP contribution in [-0.2, 0) is 14.3 Å². The zero-order chi connectivity index (χ0) is 12.5. The van der Waals surface area contributed by atoms with Gasteiger partial charge in [0.25, 0.3) is 0 Å². The summed E-state index contributed by atoms with van der Waals surface area (Å²) in [4.78, 5) is 13.2. The molecule has 0 amide bonds. The van der Waals surface area contributed by atoms with Crippen LogP contribution in [0.25, 0.3) is 0 Å². The average Bonchev–Trinajstić information content (AvgIpc) is 2.36. The van der Waals surface area contributed by atoms with Crippen LogP contribution >= 0.6 is 0 Å². The van der Waals surface area contributed by atoms with Crippen molar-refractivity contribution in [3.8, 4) is 0 Å². The standard InChI is InChI=1S/C13H23NO3/c1-3-10-17-12-6-4-8-14(11-12)9-5-7-13(15)16-2/h5,7,12H,3-4,6,8-11H2,1-2H3. The second-order valence-corrected chi connectivity index (χ2v) is 4.32. The number of carbonyl (C=O) groups excluding carboxylic acids is 1. The van der Waals surface area contributed by atoms with E-state index in [1.165, 1.54) is 19.6 Å². The maximum absolute atomic E-state index is 10.9. The molecule has 1 unspecified atom stereocenters. The highest BCUT2D eigenvalue weighted by molar-refractivity contribution is 5.81. The summed E-state index contributed by atoms with van der Waals surface area (Å²) in [5.74, 6) is -0.291. The van der Waals surface area contributed by atoms with Gasteiger partial charge in [0.15, 0.2) is 0 Å². The van der Waals surface area contributed by atoms with E-state index in [1.54, 1.807) is 0 Å². The summed E-state index contributed by atoms with van der Waals surface area (Å²) in [5, 5.41) is 0. The predicted molar refractivity (Wildman–Crippen MR) is 66.9 cm³/mol. The van der Waals surface area contributed by atoms with E-state index in [1.807, 2.05) is 6.08 Å². The lowest BCUT2D eigenvalue weighted by Gasteiger charge is -2.31. The predicted octanol–water partition coefficient (Wildman–Crippen LogP) is 1.61. The molecule has 0 aliphatic carbocycles. The van der Waals surface area contributed by atoms with Gasteiger partial charge in [-0.1, -0.05) is 13.0 Å². The summed E-state index contributed by atoms with van der Waals surface area (Å²) in [5.41, 5.74) is 0. The van der Waals surface area contributed by atoms with Gasteiger partial charge in [0, 0.05) is 25.8 Å². The zero-order valence-electron chi connectivity index (χ0n) is 10.9. The summed E-state index contributed by atoms with van der Waals surface area (Å²) >= 11 is 0. The molecule has 1 heterocycles. The van der Waals surface area contributed by atoms with Gasteiger partial charge >= 0.3 is 5.97 Å². The topological polar surface area (TPSA) is 38.8 Å². The molecule has 1 aliphatic heterocycles. The monoisotopic (exact) mass is 241 g/mol. The van der Waals surface area contributed by atoms with Gasteiger partial charge in [-0.3, -0.25) is 4.90 Å². The second-order valence-electron chi connectivity index (χ2n) is 4.32. The Morgan fingerprint density at radius 3 is 3.06 bits per heavy atom. The molecule has 1 saturated heterocycles. The van der Waals surface area contributed by atoms with Crippen LogP contribution in [0.4, 0.5) is 0 Å². The number of hydrogen-bond donors (Lipinski definition) is 0. The molecule has 0 aromatic carbocycles. The van der Waals surface area contributed by atoms with Crippen LogP contribution in [0.1, 0.15) is 26.2 Å². The first-order valence-electron chi connectivity index (χ1n) is 6.34. The number of likely N-dealkylation sites (tertiary alicyclic amines) is 1. The normalized spacial score (nSPS) is 21.9. The van der Waals surface area contributed by atoms with E-state index in [0.717, 1.165) is 39.1 Å². The van der Waals surface area contributed by atoms with Crippen molar-refractivity contribution in [1.29, 1.82) is 0 Å². The molecule has 0 saturated carbocycles. The van der Waals surface area contributed by atoms with E-state index in [2.05, 4.69) is 16.6 Å². The minimum Gasteiger partial charge on any atom is -0.466 e. The molecule has 1 aliphatic rings. The van der Waals surface area contributed by atoms with Crippen molar-refractivity contribution in [3.05, 3.63) is 12.2 Å². The lowest BCUT2D eigenvalue weighted by atomic mass is 10.1. The van der Waals surface area contributed by atoms with Crippen LogP contribution in [0.2, 0.25) is 0 Å². The fourth-order valence-electron chi connectivity index (χ4n) is 1.97. The quantitative estimate of drug-likeness (QED) is 0.523. The molecule has 0 aromatic rings. The van der Waals surface area contributed by atoms with Crippen molar-refractivity contribution < 1.29 is 14.3 Å². The SMILES string of the molecule is CCCOC1CCCN(CC=CC(=O)OC)C1. The minimum absolute atomic E-state index is 0.291. The van der Waals surface area contributed by atoms with Crippen molar-refractivity contribution in [2.45, 2.75) is 32.3 Å². The summed E-state index contributed by atoms with van der Waals surface area (Å²) in [6.07, 6.45) is 7.08. The summed E-state index contributed by atoms with van der Waals surface area (Å²) < 4.78 is 10.3. The Kier molecular flexibility index (Phi) is 6.89. The van der Waals surface area contributed by atoms with E-state index >= 15 is 0 Å². The van der Waals surface area contributed by atoms with Crippen LogP contribution in [0, 0.1) is 0 Å². The molecule has 1 atom stereocenters. The largest absolute Gasteiger partial charge is 0.466 e. The smallest absolute Gasteiger partial charge is 0.330 e. The van der Waals surface area contributed by atoms with E-state index in [0.29, 0.717) is 6.10 Å². The summed E-state index contributed by atoms with van der Waals surface area (Å²) in [7, 11) is 1.39. The number of rotatable bonds is 6. The van der Waals surface area contributed by atoms with Gasteiger partial charge in [-0.15, -0.1) is 0 Å². The lowest BCUT2D eigenvalue weighted by Crippen LogP contribution is -2.39. The molecule has 0 bridgehead atoms. The number of ether oxygens (including phenoxy) is 2. The number of methoxy groups -OCH3 is 1. The van der Waals surface area contributed by atoms with Crippen LogP contribution < -0.4 is 0 Å². The van der Waals surface area contributed by atoms with Gasteiger partial charge in [0.05, 0.1) is 13.2 Å². The van der Waals surface area contributed by atoms with Crippen molar-refractivity contribution in [3.63, 3.8) is 0 Å². The van der Waals surface area contributed by atoms with Gasteiger partial charge in [0.1, 0.15) is 0 Å². The third kappa shape index (κ3) is 5.84. The van der Waals surface area contributed by atoms with Crippen molar-refractivity contribution in [2.24, 2.45) is 0 Å². The molecule has 0 N–H and O–H groups in total. The van der Waals surface area contributed by atoms with Gasteiger partial charge in [-0.2, -0.15) is 0 Å². The average molecular weight is 241 g/mol. The van der Waals surface area contributed by atoms with Gasteiger partial charge < -0.3 is 9.47 Å². The highest BCUT2D eigenvalue weighted by Crippen LogP contribution is 2.13. The Morgan fingerprint density at radius 2 is 2.35 bits per heavy atom. The lowest BCUT2D eigenvalue weighted by molar-refractivity contribution is -0.134. The number of nitrogens with zero attached hydrogens (tertiary/aromatic N) is 1. The van der Waals surface area contributed by atoms with Gasteiger partial charge in [-0.25, -0.2) is 4.79 Å². The fraction of sp³-hybridized carbons (Fsp3) is 0.769. The number of hydrogen-bond acceptors (Lipinski definition) is 4. The molecule has 1 fully saturated rings. The van der Waals surface area contributed by atoms with Gasteiger partial charge in [0.2, 0.25) is 0 Å². The molecule has 1 rings (SSSR count). The molecular formula is C13H23NO3. The summed E-state index contributed by atoms with van der Waals surface area (Å²) in [6.45, 7) is 5.81. The molecule has 98 valence electrons. The van der Waals surface area contributed by atoms with Crippen molar-refractivity contribution >= 4 is 5.97 Å². The van der Waals surface area contributed by atoms with Crippen molar-refractivity contribution in [2.75, 3.05) is 33.4 Å². The first-order valence-corrected chi connectivity index (χ1v) is 6.34. The Balaban J connectivity index is 2.24. The molecule has 17 heavy (non-hydrogen) atoms. The Morgan fingerprint density at radius 1 is 1.53 bits per heavy atom. The van der Waals surface area contributed by atoms with Crippen LogP contribution in [0.15, 0.2) is 12.2 Å². The third-order valence-electron chi connectivity index (χ3n) is 2.84. The maximum atomic E-state index is 10.9. The molecule has 0 spiro atoms. The molecule has 4 nitrogen and oxygen atoms in total. The molecule has 4 heteroatoms. The van der Waals surface area contributed by atoms with E-state index in [9.17, 15) is 4.79 Å². The Hall–Kier alpha value is -0.870. The maximum Gasteiger partial charge on any atom is 0.330 e. The van der Waals surface area contributed by atoms with Crippen LogP contribution in [-0.4, -0.2) is 50.3 Å². The highest BCUT2D eigenvalue weighted by atomic mass is 16.5. The fourth-order valence-corrected chi connectivity index (χ4v) is 1.97. The number of piperidine rings is 1. The summed E-state index contributed by atoms with van der Waals surface area (Å²) in [6, 6.07) is 0. The Labute approximate surface area is 104 Å². The van der Waals surface area contributed by atoms with Crippen molar-refractivity contribution in [1.82, 2.24) is 4.90 Å². The first kappa shape index (κ1) is 14.2. The molecular weight excluding hydrogens is 218 g/mol. The van der Waals surface area contributed by atoms with E-state index < -0.39 is 0 Å². The minimum atomic E-state index is -0.291. The van der Waals surface area contributed by atoms with Crippen LogP contribution in [0.3, 0.4) is 0 Å². The third-order valence-corrected chi connectivity index (χ3v) is 2.84. The van der Waals surface area contributed by atoms with E-state index in [4.69, 9.17) is 4.74 Å². The first-order chi connectivity index (χ1) is 8.26. The Bertz CT molecular complexity index is 253.